The van der Waals surface area contributed by atoms with E-state index in [2.05, 4.69) is 40.6 Å². The van der Waals surface area contributed by atoms with E-state index >= 15 is 0 Å². The number of pyridine rings is 2. The van der Waals surface area contributed by atoms with Gasteiger partial charge in [-0.1, -0.05) is 7.43 Å². The number of carbonyl (C=O) groups is 2. The molecule has 4 aromatic rings. The first kappa shape index (κ1) is 50.4. The molecule has 4 atom stereocenters. The first-order chi connectivity index (χ1) is 28.9. The minimum Gasteiger partial charge on any atom is -0.476 e. The lowest BCUT2D eigenvalue weighted by Crippen LogP contribution is -2.54. The highest BCUT2D eigenvalue weighted by Crippen LogP contribution is 2.37. The van der Waals surface area contributed by atoms with Gasteiger partial charge < -0.3 is 29.9 Å². The summed E-state index contributed by atoms with van der Waals surface area (Å²) >= 11 is 0. The normalized spacial score (nSPS) is 20.2. The van der Waals surface area contributed by atoms with Crippen LogP contribution in [0.1, 0.15) is 82.1 Å². The van der Waals surface area contributed by atoms with E-state index in [-0.39, 0.29) is 56.4 Å². The summed E-state index contributed by atoms with van der Waals surface area (Å²) < 4.78 is 93.2. The zero-order valence-corrected chi connectivity index (χ0v) is 36.2. The van der Waals surface area contributed by atoms with Crippen LogP contribution in [0, 0.1) is 10.8 Å². The Balaban J connectivity index is 0.000000272. The van der Waals surface area contributed by atoms with Gasteiger partial charge in [-0.05, 0) is 103 Å². The standard InChI is InChI=1S/2C21H28F3N5O2.CH4/c2*1-20(2,13-31-18-16(21(22,23)24)6-5-8-25-18)19(30)27-17-12-28(3)9-7-15(17)14-10-26-29(4)11-14;/h2*5-6,8,10-11,15,17H,7,9,12-13H2,1-4H3,(H,27,30);1H4/t2*15-,17+;/m10./s1. The van der Waals surface area contributed by atoms with Gasteiger partial charge in [0.25, 0.3) is 0 Å². The second kappa shape index (κ2) is 20.5. The van der Waals surface area contributed by atoms with E-state index in [4.69, 9.17) is 9.47 Å². The van der Waals surface area contributed by atoms with Gasteiger partial charge in [-0.25, -0.2) is 9.97 Å². The number of amides is 2. The molecule has 0 bridgehead atoms. The molecule has 2 aliphatic rings. The summed E-state index contributed by atoms with van der Waals surface area (Å²) in [6, 6.07) is 3.93. The number of likely N-dealkylation sites (tertiary alicyclic amines) is 2. The average molecular weight is 895 g/mol. The molecule has 0 spiro atoms. The summed E-state index contributed by atoms with van der Waals surface area (Å²) in [4.78, 5) is 37.8. The third-order valence-corrected chi connectivity index (χ3v) is 11.1. The van der Waals surface area contributed by atoms with Gasteiger partial charge in [0.1, 0.15) is 24.3 Å². The molecule has 2 aliphatic heterocycles. The minimum absolute atomic E-state index is 0. The van der Waals surface area contributed by atoms with Crippen LogP contribution >= 0.6 is 0 Å². The highest BCUT2D eigenvalue weighted by atomic mass is 19.4. The smallest absolute Gasteiger partial charge is 0.421 e. The second-order valence-electron chi connectivity index (χ2n) is 17.4. The number of ether oxygens (including phenoxy) is 2. The quantitative estimate of drug-likeness (QED) is 0.155. The number of aryl methyl sites for hydroxylation is 2. The largest absolute Gasteiger partial charge is 0.476 e. The van der Waals surface area contributed by atoms with Crippen molar-refractivity contribution in [3.05, 3.63) is 83.7 Å². The summed E-state index contributed by atoms with van der Waals surface area (Å²) in [5.74, 6) is -1.41. The summed E-state index contributed by atoms with van der Waals surface area (Å²) in [7, 11) is 7.68. The Morgan fingerprint density at radius 2 is 1.03 bits per heavy atom. The van der Waals surface area contributed by atoms with E-state index in [1.54, 1.807) is 37.1 Å². The van der Waals surface area contributed by atoms with Gasteiger partial charge in [0.2, 0.25) is 23.6 Å². The molecule has 14 nitrogen and oxygen atoms in total. The fourth-order valence-corrected chi connectivity index (χ4v) is 7.38. The molecule has 0 aromatic carbocycles. The predicted octanol–water partition coefficient (Wildman–Crippen LogP) is 6.32. The molecule has 6 heterocycles. The molecule has 2 fully saturated rings. The van der Waals surface area contributed by atoms with Crippen LogP contribution in [0.15, 0.2) is 61.4 Å². The van der Waals surface area contributed by atoms with Gasteiger partial charge in [0.05, 0.1) is 23.2 Å². The van der Waals surface area contributed by atoms with Crippen molar-refractivity contribution in [2.24, 2.45) is 24.9 Å². The summed E-state index contributed by atoms with van der Waals surface area (Å²) in [5.41, 5.74) is -1.93. The van der Waals surface area contributed by atoms with Crippen molar-refractivity contribution in [3.8, 4) is 11.8 Å². The van der Waals surface area contributed by atoms with Gasteiger partial charge in [0, 0.05) is 75.9 Å². The van der Waals surface area contributed by atoms with Crippen molar-refractivity contribution in [1.82, 2.24) is 50.0 Å². The predicted molar refractivity (Wildman–Crippen MR) is 224 cm³/mol. The molecule has 2 N–H and O–H groups in total. The van der Waals surface area contributed by atoms with Crippen molar-refractivity contribution < 1.29 is 45.4 Å². The SMILES string of the molecule is C.CN1CC[C@@H](c2cnn(C)c2)[C@H](NC(=O)C(C)(C)COc2ncccc2C(F)(F)F)C1.CN1CC[C@H](c2cnn(C)c2)[C@@H](NC(=O)C(C)(C)COc2ncccc2C(F)(F)F)C1. The van der Waals surface area contributed by atoms with Gasteiger partial charge in [-0.15, -0.1) is 0 Å². The highest BCUT2D eigenvalue weighted by Gasteiger charge is 2.40. The van der Waals surface area contributed by atoms with E-state index < -0.39 is 46.1 Å². The minimum atomic E-state index is -4.58. The van der Waals surface area contributed by atoms with E-state index in [9.17, 15) is 35.9 Å². The number of likely N-dealkylation sites (N-methyl/N-ethyl adjacent to an activating group) is 2. The molecular weight excluding hydrogens is 835 g/mol. The van der Waals surface area contributed by atoms with Crippen molar-refractivity contribution >= 4 is 11.8 Å². The summed E-state index contributed by atoms with van der Waals surface area (Å²) in [6.45, 7) is 9.23. The fraction of sp³-hybridized carbons (Fsp3) is 0.581. The Labute approximate surface area is 364 Å². The van der Waals surface area contributed by atoms with Crippen LogP contribution in [0.2, 0.25) is 0 Å². The third kappa shape index (κ3) is 13.4. The van der Waals surface area contributed by atoms with E-state index in [0.29, 0.717) is 13.1 Å². The molecular formula is C43H60F6N10O4. The fourth-order valence-electron chi connectivity index (χ4n) is 7.38. The highest BCUT2D eigenvalue weighted by molar-refractivity contribution is 5.83. The van der Waals surface area contributed by atoms with Gasteiger partial charge in [-0.2, -0.15) is 36.5 Å². The maximum absolute atomic E-state index is 13.2. The lowest BCUT2D eigenvalue weighted by molar-refractivity contribution is -0.141. The number of nitrogens with zero attached hydrogens (tertiary/aromatic N) is 8. The molecule has 0 unspecified atom stereocenters. The van der Waals surface area contributed by atoms with Crippen LogP contribution in [0.4, 0.5) is 26.3 Å². The average Bonchev–Trinajstić information content (AvgIpc) is 3.83. The first-order valence-electron chi connectivity index (χ1n) is 20.2. The molecule has 0 saturated carbocycles. The molecule has 6 rings (SSSR count). The number of alkyl halides is 6. The van der Waals surface area contributed by atoms with Crippen LogP contribution in [-0.2, 0) is 36.0 Å². The second-order valence-corrected chi connectivity index (χ2v) is 17.4. The third-order valence-electron chi connectivity index (χ3n) is 11.1. The number of hydrogen-bond donors (Lipinski definition) is 2. The maximum atomic E-state index is 13.2. The Bertz CT molecular complexity index is 1970. The number of nitrogens with one attached hydrogen (secondary N) is 2. The van der Waals surface area contributed by atoms with Gasteiger partial charge in [0.15, 0.2) is 0 Å². The van der Waals surface area contributed by atoms with Gasteiger partial charge in [-0.3, -0.25) is 19.0 Å². The zero-order valence-electron chi connectivity index (χ0n) is 36.2. The molecule has 63 heavy (non-hydrogen) atoms. The lowest BCUT2D eigenvalue weighted by Gasteiger charge is -2.38. The van der Waals surface area contributed by atoms with Gasteiger partial charge >= 0.3 is 12.4 Å². The van der Waals surface area contributed by atoms with Crippen molar-refractivity contribution in [2.45, 2.75) is 84.2 Å². The van der Waals surface area contributed by atoms with Crippen LogP contribution in [-0.4, -0.2) is 117 Å². The summed E-state index contributed by atoms with van der Waals surface area (Å²) in [6.07, 6.45) is 2.54. The zero-order chi connectivity index (χ0) is 45.6. The van der Waals surface area contributed by atoms with E-state index in [1.807, 2.05) is 53.0 Å². The Hall–Kier alpha value is -5.24. The van der Waals surface area contributed by atoms with E-state index in [0.717, 1.165) is 49.2 Å². The molecule has 2 saturated heterocycles. The number of carbonyl (C=O) groups excluding carboxylic acids is 2. The first-order valence-corrected chi connectivity index (χ1v) is 20.2. The number of aromatic nitrogens is 6. The number of piperidine rings is 2. The van der Waals surface area contributed by atoms with Crippen LogP contribution < -0.4 is 20.1 Å². The molecule has 0 radical (unpaired) electrons. The van der Waals surface area contributed by atoms with Crippen LogP contribution in [0.3, 0.4) is 0 Å². The maximum Gasteiger partial charge on any atom is 0.421 e. The lowest BCUT2D eigenvalue weighted by atomic mass is 9.85. The van der Waals surface area contributed by atoms with Crippen molar-refractivity contribution in [3.63, 3.8) is 0 Å². The molecule has 0 aliphatic carbocycles. The monoisotopic (exact) mass is 894 g/mol. The molecule has 2 amide bonds. The molecule has 348 valence electrons. The van der Waals surface area contributed by atoms with Crippen molar-refractivity contribution in [2.75, 3.05) is 53.5 Å². The summed E-state index contributed by atoms with van der Waals surface area (Å²) in [5, 5.41) is 14.6. The number of hydrogen-bond acceptors (Lipinski definition) is 10. The van der Waals surface area contributed by atoms with Crippen molar-refractivity contribution in [1.29, 1.82) is 0 Å². The molecule has 20 heteroatoms. The topological polar surface area (TPSA) is 145 Å². The van der Waals surface area contributed by atoms with E-state index in [1.165, 1.54) is 24.5 Å². The van der Waals surface area contributed by atoms with Crippen LogP contribution in [0.5, 0.6) is 11.8 Å². The Morgan fingerprint density at radius 3 is 1.35 bits per heavy atom. The number of rotatable bonds is 12. The Kier molecular flexibility index (Phi) is 16.4. The van der Waals surface area contributed by atoms with Crippen LogP contribution in [0.25, 0.3) is 0 Å². The Morgan fingerprint density at radius 1 is 0.667 bits per heavy atom. The number of halogens is 6. The molecule has 4 aromatic heterocycles.